The predicted molar refractivity (Wildman–Crippen MR) is 99.7 cm³/mol. The van der Waals surface area contributed by atoms with E-state index >= 15 is 0 Å². The van der Waals surface area contributed by atoms with Crippen molar-refractivity contribution in [3.8, 4) is 17.4 Å². The summed E-state index contributed by atoms with van der Waals surface area (Å²) in [7, 11) is 6.35. The molecule has 9 heteroatoms. The van der Waals surface area contributed by atoms with E-state index in [9.17, 15) is 9.90 Å². The van der Waals surface area contributed by atoms with E-state index in [0.29, 0.717) is 23.6 Å². The molecule has 0 bridgehead atoms. The molecule has 2 aromatic rings. The molecule has 8 nitrogen and oxygen atoms in total. The fourth-order valence-electron chi connectivity index (χ4n) is 2.97. The van der Waals surface area contributed by atoms with Gasteiger partial charge in [-0.15, -0.1) is 0 Å². The summed E-state index contributed by atoms with van der Waals surface area (Å²) in [4.78, 5) is 12.6. The lowest BCUT2D eigenvalue weighted by atomic mass is 9.99. The number of hydrogen-bond donors (Lipinski definition) is 2. The van der Waals surface area contributed by atoms with Crippen LogP contribution < -0.4 is 20.5 Å². The van der Waals surface area contributed by atoms with Gasteiger partial charge in [0, 0.05) is 32.1 Å². The SMILES string of the molecule is COc1ccc([C@H]2CC(c3c(O)n(C)c(=S)n(C)c3=O)=NN2)c(OC)c1. The van der Waals surface area contributed by atoms with E-state index in [1.165, 1.54) is 9.13 Å². The van der Waals surface area contributed by atoms with Gasteiger partial charge in [0.25, 0.3) is 5.56 Å². The van der Waals surface area contributed by atoms with Crippen molar-refractivity contribution >= 4 is 17.9 Å². The van der Waals surface area contributed by atoms with E-state index in [4.69, 9.17) is 21.7 Å². The molecule has 0 radical (unpaired) electrons. The fraction of sp³-hybridized carbons (Fsp3) is 0.353. The number of nitrogens with one attached hydrogen (secondary N) is 1. The lowest BCUT2D eigenvalue weighted by Gasteiger charge is -2.16. The molecule has 2 N–H and O–H groups in total. The zero-order chi connectivity index (χ0) is 19.0. The number of ether oxygens (including phenoxy) is 2. The Morgan fingerprint density at radius 2 is 2.00 bits per heavy atom. The number of aromatic hydroxyl groups is 1. The normalized spacial score (nSPS) is 16.2. The average Bonchev–Trinajstić information content (AvgIpc) is 3.13. The van der Waals surface area contributed by atoms with Crippen LogP contribution in [0.25, 0.3) is 0 Å². The lowest BCUT2D eigenvalue weighted by molar-refractivity contribution is 0.386. The number of benzene rings is 1. The summed E-state index contributed by atoms with van der Waals surface area (Å²) >= 11 is 5.14. The molecule has 1 aliphatic rings. The summed E-state index contributed by atoms with van der Waals surface area (Å²) in [6.45, 7) is 0. The van der Waals surface area contributed by atoms with Gasteiger partial charge in [-0.2, -0.15) is 5.10 Å². The van der Waals surface area contributed by atoms with E-state index in [0.717, 1.165) is 5.56 Å². The van der Waals surface area contributed by atoms with Crippen molar-refractivity contribution in [3.63, 3.8) is 0 Å². The number of hydrogen-bond acceptors (Lipinski definition) is 7. The second kappa shape index (κ2) is 6.83. The molecule has 0 aliphatic carbocycles. The van der Waals surface area contributed by atoms with Gasteiger partial charge in [-0.25, -0.2) is 0 Å². The third-order valence-electron chi connectivity index (χ3n) is 4.49. The molecular weight excluding hydrogens is 356 g/mol. The van der Waals surface area contributed by atoms with Gasteiger partial charge in [0.05, 0.1) is 26.0 Å². The molecule has 0 saturated carbocycles. The van der Waals surface area contributed by atoms with Crippen molar-refractivity contribution in [3.05, 3.63) is 44.5 Å². The Morgan fingerprint density at radius 1 is 1.27 bits per heavy atom. The minimum absolute atomic E-state index is 0.145. The maximum Gasteiger partial charge on any atom is 0.267 e. The molecule has 0 amide bonds. The molecule has 1 aromatic carbocycles. The molecule has 26 heavy (non-hydrogen) atoms. The van der Waals surface area contributed by atoms with Gasteiger partial charge < -0.3 is 20.0 Å². The number of methoxy groups -OCH3 is 2. The lowest BCUT2D eigenvalue weighted by Crippen LogP contribution is -2.28. The van der Waals surface area contributed by atoms with Gasteiger partial charge in [0.1, 0.15) is 17.1 Å². The molecule has 1 aromatic heterocycles. The first-order valence-electron chi connectivity index (χ1n) is 7.92. The highest BCUT2D eigenvalue weighted by atomic mass is 32.1. The van der Waals surface area contributed by atoms with Crippen LogP contribution in [0.1, 0.15) is 23.6 Å². The van der Waals surface area contributed by atoms with Crippen LogP contribution in [-0.4, -0.2) is 34.2 Å². The minimum atomic E-state index is -0.381. The number of nitrogens with zero attached hydrogens (tertiary/aromatic N) is 3. The van der Waals surface area contributed by atoms with Gasteiger partial charge in [-0.1, -0.05) is 0 Å². The second-order valence-corrected chi connectivity index (χ2v) is 6.32. The van der Waals surface area contributed by atoms with E-state index in [-0.39, 0.29) is 27.8 Å². The van der Waals surface area contributed by atoms with Crippen LogP contribution in [0.15, 0.2) is 28.1 Å². The Bertz CT molecular complexity index is 1010. The topological polar surface area (TPSA) is 90.0 Å². The smallest absolute Gasteiger partial charge is 0.267 e. The number of rotatable bonds is 4. The molecule has 0 saturated heterocycles. The monoisotopic (exact) mass is 376 g/mol. The van der Waals surface area contributed by atoms with Gasteiger partial charge in [-0.3, -0.25) is 13.9 Å². The average molecular weight is 376 g/mol. The third-order valence-corrected chi connectivity index (χ3v) is 5.04. The van der Waals surface area contributed by atoms with Gasteiger partial charge >= 0.3 is 0 Å². The largest absolute Gasteiger partial charge is 0.497 e. The molecular formula is C17H20N4O4S. The van der Waals surface area contributed by atoms with Crippen LogP contribution in [0.3, 0.4) is 0 Å². The van der Waals surface area contributed by atoms with E-state index in [2.05, 4.69) is 10.5 Å². The van der Waals surface area contributed by atoms with Crippen molar-refractivity contribution in [1.82, 2.24) is 14.6 Å². The van der Waals surface area contributed by atoms with Crippen molar-refractivity contribution < 1.29 is 14.6 Å². The molecule has 2 heterocycles. The van der Waals surface area contributed by atoms with E-state index in [1.807, 2.05) is 12.1 Å². The summed E-state index contributed by atoms with van der Waals surface area (Å²) in [5.41, 5.74) is 4.13. The highest BCUT2D eigenvalue weighted by Gasteiger charge is 2.28. The molecule has 3 rings (SSSR count). The Labute approximate surface area is 155 Å². The first-order chi connectivity index (χ1) is 12.4. The molecule has 138 valence electrons. The van der Waals surface area contributed by atoms with E-state index in [1.54, 1.807) is 34.4 Å². The number of aromatic nitrogens is 2. The second-order valence-electron chi connectivity index (χ2n) is 5.96. The highest BCUT2D eigenvalue weighted by molar-refractivity contribution is 7.71. The van der Waals surface area contributed by atoms with Crippen LogP contribution >= 0.6 is 12.2 Å². The summed E-state index contributed by atoms with van der Waals surface area (Å²) in [5, 5.41) is 14.7. The molecule has 0 spiro atoms. The maximum atomic E-state index is 12.6. The summed E-state index contributed by atoms with van der Waals surface area (Å²) in [6, 6.07) is 5.32. The van der Waals surface area contributed by atoms with Gasteiger partial charge in [-0.05, 0) is 24.4 Å². The van der Waals surface area contributed by atoms with Crippen LogP contribution in [0.4, 0.5) is 0 Å². The summed E-state index contributed by atoms with van der Waals surface area (Å²) < 4.78 is 13.6. The Balaban J connectivity index is 1.98. The molecule has 1 atom stereocenters. The third kappa shape index (κ3) is 2.84. The summed E-state index contributed by atoms with van der Waals surface area (Å²) in [6.07, 6.45) is 0.419. The van der Waals surface area contributed by atoms with Crippen molar-refractivity contribution in [1.29, 1.82) is 0 Å². The zero-order valence-electron chi connectivity index (χ0n) is 14.9. The maximum absolute atomic E-state index is 12.6. The summed E-state index contributed by atoms with van der Waals surface area (Å²) in [5.74, 6) is 1.15. The van der Waals surface area contributed by atoms with Crippen LogP contribution in [0, 0.1) is 4.77 Å². The quantitative estimate of drug-likeness (QED) is 0.788. The zero-order valence-corrected chi connectivity index (χ0v) is 15.8. The predicted octanol–water partition coefficient (Wildman–Crippen LogP) is 1.61. The number of hydrazone groups is 1. The molecule has 0 fully saturated rings. The van der Waals surface area contributed by atoms with Crippen molar-refractivity contribution in [2.24, 2.45) is 19.2 Å². The standard InChI is InChI=1S/C17H20N4O4S/c1-20-15(22)14(16(23)21(2)17(20)26)12-8-11(18-19-12)10-6-5-9(24-3)7-13(10)25-4/h5-7,11,18,22H,8H2,1-4H3/t11-/m1/s1. The Morgan fingerprint density at radius 3 is 2.65 bits per heavy atom. The van der Waals surface area contributed by atoms with Gasteiger partial charge in [0.2, 0.25) is 5.88 Å². The van der Waals surface area contributed by atoms with Crippen molar-refractivity contribution in [2.45, 2.75) is 12.5 Å². The Kier molecular flexibility index (Phi) is 4.73. The van der Waals surface area contributed by atoms with Gasteiger partial charge in [0.15, 0.2) is 4.77 Å². The van der Waals surface area contributed by atoms with Crippen molar-refractivity contribution in [2.75, 3.05) is 14.2 Å². The van der Waals surface area contributed by atoms with Crippen LogP contribution in [0.5, 0.6) is 17.4 Å². The fourth-order valence-corrected chi connectivity index (χ4v) is 3.14. The van der Waals surface area contributed by atoms with Crippen LogP contribution in [0.2, 0.25) is 0 Å². The minimum Gasteiger partial charge on any atom is -0.497 e. The van der Waals surface area contributed by atoms with Crippen LogP contribution in [-0.2, 0) is 14.1 Å². The molecule has 0 unspecified atom stereocenters. The Hall–Kier alpha value is -2.81. The van der Waals surface area contributed by atoms with E-state index < -0.39 is 0 Å². The first-order valence-corrected chi connectivity index (χ1v) is 8.33. The first kappa shape index (κ1) is 18.0. The highest BCUT2D eigenvalue weighted by Crippen LogP contribution is 2.34. The molecule has 1 aliphatic heterocycles.